The first-order valence-corrected chi connectivity index (χ1v) is 7.34. The van der Waals surface area contributed by atoms with Crippen molar-refractivity contribution in [2.75, 3.05) is 20.2 Å². The Kier molecular flexibility index (Phi) is 3.66. The van der Waals surface area contributed by atoms with E-state index in [2.05, 4.69) is 29.3 Å². The van der Waals surface area contributed by atoms with Gasteiger partial charge in [-0.3, -0.25) is 9.69 Å². The van der Waals surface area contributed by atoms with Crippen LogP contribution in [-0.2, 0) is 17.8 Å². The number of benzene rings is 1. The SMILES string of the molecule is COc1cc(C)cc2c1CN(C[C@H]1CCC(=O)N1)CC2. The Morgan fingerprint density at radius 1 is 1.40 bits per heavy atom. The van der Waals surface area contributed by atoms with E-state index in [0.717, 1.165) is 38.2 Å². The standard InChI is InChI=1S/C16H22N2O2/c1-11-7-12-5-6-18(9-13-3-4-16(19)17-13)10-14(12)15(8-11)20-2/h7-8,13H,3-6,9-10H2,1-2H3,(H,17,19)/t13-/m1/s1. The minimum Gasteiger partial charge on any atom is -0.496 e. The van der Waals surface area contributed by atoms with Crippen molar-refractivity contribution in [2.45, 2.75) is 38.8 Å². The second-order valence-electron chi connectivity index (χ2n) is 5.89. The minimum atomic E-state index is 0.195. The van der Waals surface area contributed by atoms with E-state index < -0.39 is 0 Å². The fourth-order valence-electron chi connectivity index (χ4n) is 3.30. The second kappa shape index (κ2) is 5.44. The lowest BCUT2D eigenvalue weighted by Gasteiger charge is -2.31. The minimum absolute atomic E-state index is 0.195. The van der Waals surface area contributed by atoms with E-state index in [1.165, 1.54) is 16.7 Å². The Balaban J connectivity index is 1.73. The quantitative estimate of drug-likeness (QED) is 0.911. The van der Waals surface area contributed by atoms with Gasteiger partial charge < -0.3 is 10.1 Å². The monoisotopic (exact) mass is 274 g/mol. The zero-order chi connectivity index (χ0) is 14.1. The molecule has 4 heteroatoms. The molecule has 1 aromatic rings. The Hall–Kier alpha value is -1.55. The van der Waals surface area contributed by atoms with E-state index in [-0.39, 0.29) is 5.91 Å². The first-order valence-electron chi connectivity index (χ1n) is 7.34. The molecular formula is C16H22N2O2. The summed E-state index contributed by atoms with van der Waals surface area (Å²) < 4.78 is 5.53. The summed E-state index contributed by atoms with van der Waals surface area (Å²) in [6.45, 7) is 5.04. The molecule has 1 fully saturated rings. The summed E-state index contributed by atoms with van der Waals surface area (Å²) in [4.78, 5) is 13.7. The number of methoxy groups -OCH3 is 1. The van der Waals surface area contributed by atoms with E-state index in [4.69, 9.17) is 4.74 Å². The van der Waals surface area contributed by atoms with Gasteiger partial charge in [0.05, 0.1) is 7.11 Å². The Morgan fingerprint density at radius 3 is 2.95 bits per heavy atom. The summed E-state index contributed by atoms with van der Waals surface area (Å²) in [7, 11) is 1.74. The molecule has 1 atom stereocenters. The van der Waals surface area contributed by atoms with Crippen molar-refractivity contribution in [1.82, 2.24) is 10.2 Å². The van der Waals surface area contributed by atoms with Crippen molar-refractivity contribution in [2.24, 2.45) is 0 Å². The number of nitrogens with zero attached hydrogens (tertiary/aromatic N) is 1. The molecule has 20 heavy (non-hydrogen) atoms. The lowest BCUT2D eigenvalue weighted by atomic mass is 9.96. The molecule has 0 spiro atoms. The first-order chi connectivity index (χ1) is 9.65. The van der Waals surface area contributed by atoms with Crippen molar-refractivity contribution < 1.29 is 9.53 Å². The third-order valence-electron chi connectivity index (χ3n) is 4.31. The van der Waals surface area contributed by atoms with Crippen LogP contribution in [-0.4, -0.2) is 37.0 Å². The van der Waals surface area contributed by atoms with Crippen molar-refractivity contribution in [3.05, 3.63) is 28.8 Å². The smallest absolute Gasteiger partial charge is 0.220 e. The number of ether oxygens (including phenoxy) is 1. The highest BCUT2D eigenvalue weighted by Crippen LogP contribution is 2.30. The van der Waals surface area contributed by atoms with Crippen molar-refractivity contribution >= 4 is 5.91 Å². The van der Waals surface area contributed by atoms with Gasteiger partial charge in [0.15, 0.2) is 0 Å². The topological polar surface area (TPSA) is 41.6 Å². The molecule has 1 saturated heterocycles. The largest absolute Gasteiger partial charge is 0.496 e. The average molecular weight is 274 g/mol. The van der Waals surface area contributed by atoms with Gasteiger partial charge in [-0.25, -0.2) is 0 Å². The van der Waals surface area contributed by atoms with E-state index in [1.807, 2.05) is 0 Å². The molecule has 0 unspecified atom stereocenters. The van der Waals surface area contributed by atoms with Crippen molar-refractivity contribution in [3.8, 4) is 5.75 Å². The highest BCUT2D eigenvalue weighted by atomic mass is 16.5. The predicted molar refractivity (Wildman–Crippen MR) is 77.9 cm³/mol. The number of aryl methyl sites for hydroxylation is 1. The zero-order valence-electron chi connectivity index (χ0n) is 12.2. The van der Waals surface area contributed by atoms with Gasteiger partial charge in [0.1, 0.15) is 5.75 Å². The molecule has 2 aliphatic rings. The van der Waals surface area contributed by atoms with E-state index in [9.17, 15) is 4.79 Å². The van der Waals surface area contributed by atoms with E-state index in [1.54, 1.807) is 7.11 Å². The number of hydrogen-bond acceptors (Lipinski definition) is 3. The number of hydrogen-bond donors (Lipinski definition) is 1. The number of carbonyl (C=O) groups is 1. The third-order valence-corrected chi connectivity index (χ3v) is 4.31. The average Bonchev–Trinajstić information content (AvgIpc) is 2.83. The van der Waals surface area contributed by atoms with Crippen LogP contribution in [0.15, 0.2) is 12.1 Å². The van der Waals surface area contributed by atoms with Crippen LogP contribution < -0.4 is 10.1 Å². The molecule has 3 rings (SSSR count). The molecule has 1 aromatic carbocycles. The first kappa shape index (κ1) is 13.4. The summed E-state index contributed by atoms with van der Waals surface area (Å²) in [5.41, 5.74) is 3.99. The van der Waals surface area contributed by atoms with Gasteiger partial charge in [0.25, 0.3) is 0 Å². The number of carbonyl (C=O) groups excluding carboxylic acids is 1. The van der Waals surface area contributed by atoms with Gasteiger partial charge in [-0.1, -0.05) is 6.07 Å². The van der Waals surface area contributed by atoms with Crippen LogP contribution in [0.3, 0.4) is 0 Å². The molecule has 0 bridgehead atoms. The number of nitrogens with one attached hydrogen (secondary N) is 1. The molecule has 2 heterocycles. The van der Waals surface area contributed by atoms with Gasteiger partial charge in [0, 0.05) is 37.7 Å². The zero-order valence-corrected chi connectivity index (χ0v) is 12.2. The van der Waals surface area contributed by atoms with Gasteiger partial charge in [-0.15, -0.1) is 0 Å². The number of rotatable bonds is 3. The Bertz CT molecular complexity index is 510. The normalized spacial score (nSPS) is 22.5. The van der Waals surface area contributed by atoms with Crippen LogP contribution in [0.4, 0.5) is 0 Å². The van der Waals surface area contributed by atoms with Crippen LogP contribution in [0, 0.1) is 6.92 Å². The molecule has 2 aliphatic heterocycles. The predicted octanol–water partition coefficient (Wildman–Crippen LogP) is 1.64. The number of amides is 1. The second-order valence-corrected chi connectivity index (χ2v) is 5.89. The van der Waals surface area contributed by atoms with Gasteiger partial charge in [-0.05, 0) is 37.0 Å². The van der Waals surface area contributed by atoms with Gasteiger partial charge in [-0.2, -0.15) is 0 Å². The summed E-state index contributed by atoms with van der Waals surface area (Å²) in [5, 5.41) is 3.05. The highest BCUT2D eigenvalue weighted by molar-refractivity contribution is 5.78. The van der Waals surface area contributed by atoms with Crippen LogP contribution in [0.5, 0.6) is 5.75 Å². The summed E-state index contributed by atoms with van der Waals surface area (Å²) in [6, 6.07) is 4.70. The molecule has 1 N–H and O–H groups in total. The molecule has 0 saturated carbocycles. The van der Waals surface area contributed by atoms with Crippen molar-refractivity contribution in [1.29, 1.82) is 0 Å². The van der Waals surface area contributed by atoms with Crippen LogP contribution >= 0.6 is 0 Å². The fourth-order valence-corrected chi connectivity index (χ4v) is 3.30. The molecule has 1 amide bonds. The van der Waals surface area contributed by atoms with E-state index in [0.29, 0.717) is 12.5 Å². The summed E-state index contributed by atoms with van der Waals surface area (Å²) >= 11 is 0. The highest BCUT2D eigenvalue weighted by Gasteiger charge is 2.26. The molecule has 0 aromatic heterocycles. The molecule has 4 nitrogen and oxygen atoms in total. The van der Waals surface area contributed by atoms with E-state index >= 15 is 0 Å². The molecule has 108 valence electrons. The van der Waals surface area contributed by atoms with Gasteiger partial charge in [0.2, 0.25) is 5.91 Å². The lowest BCUT2D eigenvalue weighted by Crippen LogP contribution is -2.41. The molecular weight excluding hydrogens is 252 g/mol. The lowest BCUT2D eigenvalue weighted by molar-refractivity contribution is -0.119. The summed E-state index contributed by atoms with van der Waals surface area (Å²) in [5.74, 6) is 1.20. The van der Waals surface area contributed by atoms with Crippen molar-refractivity contribution in [3.63, 3.8) is 0 Å². The Morgan fingerprint density at radius 2 is 2.25 bits per heavy atom. The maximum absolute atomic E-state index is 11.3. The van der Waals surface area contributed by atoms with Gasteiger partial charge >= 0.3 is 0 Å². The third kappa shape index (κ3) is 2.66. The van der Waals surface area contributed by atoms with Crippen LogP contribution in [0.25, 0.3) is 0 Å². The molecule has 0 aliphatic carbocycles. The Labute approximate surface area is 120 Å². The molecule has 0 radical (unpaired) electrons. The summed E-state index contributed by atoms with van der Waals surface area (Å²) in [6.07, 6.45) is 2.71. The maximum Gasteiger partial charge on any atom is 0.220 e. The fraction of sp³-hybridized carbons (Fsp3) is 0.562. The maximum atomic E-state index is 11.3. The van der Waals surface area contributed by atoms with Crippen LogP contribution in [0.2, 0.25) is 0 Å². The number of fused-ring (bicyclic) bond motifs is 1. The van der Waals surface area contributed by atoms with Crippen LogP contribution in [0.1, 0.15) is 29.5 Å².